The molecule has 0 aliphatic heterocycles. The minimum atomic E-state index is -1.04. The summed E-state index contributed by atoms with van der Waals surface area (Å²) < 4.78 is 5.21. The lowest BCUT2D eigenvalue weighted by Gasteiger charge is -2.14. The van der Waals surface area contributed by atoms with E-state index >= 15 is 0 Å². The zero-order valence-electron chi connectivity index (χ0n) is 10.7. The highest BCUT2D eigenvalue weighted by Gasteiger charge is 2.10. The summed E-state index contributed by atoms with van der Waals surface area (Å²) in [6.45, 7) is 1.42. The van der Waals surface area contributed by atoms with Crippen molar-refractivity contribution >= 4 is 5.97 Å². The summed E-state index contributed by atoms with van der Waals surface area (Å²) in [5.41, 5.74) is 1.04. The fraction of sp³-hybridized carbons (Fsp3) is 0.286. The Labute approximate surface area is 111 Å². The normalized spacial score (nSPS) is 10.8. The minimum absolute atomic E-state index is 0.0203. The molecule has 0 fully saturated rings. The van der Waals surface area contributed by atoms with Crippen molar-refractivity contribution in [2.75, 3.05) is 13.6 Å². The Bertz CT molecular complexity index is 537. The van der Waals surface area contributed by atoms with Gasteiger partial charge in [0.2, 0.25) is 5.76 Å². The van der Waals surface area contributed by atoms with E-state index in [0.29, 0.717) is 12.3 Å². The number of aromatic carboxylic acids is 1. The molecule has 0 atom stereocenters. The van der Waals surface area contributed by atoms with E-state index in [2.05, 4.69) is 9.88 Å². The van der Waals surface area contributed by atoms with E-state index in [1.54, 1.807) is 12.3 Å². The van der Waals surface area contributed by atoms with Gasteiger partial charge < -0.3 is 9.52 Å². The van der Waals surface area contributed by atoms with Gasteiger partial charge in [0.05, 0.1) is 6.54 Å². The zero-order valence-corrected chi connectivity index (χ0v) is 10.7. The van der Waals surface area contributed by atoms with Crippen molar-refractivity contribution < 1.29 is 14.3 Å². The van der Waals surface area contributed by atoms with Crippen LogP contribution in [0.4, 0.5) is 0 Å². The van der Waals surface area contributed by atoms with Gasteiger partial charge in [-0.2, -0.15) is 0 Å². The third kappa shape index (κ3) is 3.93. The van der Waals surface area contributed by atoms with Gasteiger partial charge in [-0.25, -0.2) is 4.79 Å². The van der Waals surface area contributed by atoms with E-state index in [9.17, 15) is 4.79 Å². The van der Waals surface area contributed by atoms with Gasteiger partial charge in [-0.3, -0.25) is 9.88 Å². The van der Waals surface area contributed by atoms with Gasteiger partial charge in [-0.15, -0.1) is 0 Å². The van der Waals surface area contributed by atoms with E-state index in [4.69, 9.17) is 9.52 Å². The highest BCUT2D eigenvalue weighted by atomic mass is 16.4. The standard InChI is InChI=1S/C14H16N2O3/c1-16(9-7-11-4-2-3-8-15-11)10-12-5-6-13(19-12)14(17)18/h2-6,8H,7,9-10H2,1H3,(H,17,18). The molecule has 0 aliphatic rings. The maximum Gasteiger partial charge on any atom is 0.371 e. The lowest BCUT2D eigenvalue weighted by atomic mass is 10.2. The predicted octanol–water partition coefficient (Wildman–Crippen LogP) is 2.05. The molecular formula is C14H16N2O3. The molecule has 19 heavy (non-hydrogen) atoms. The van der Waals surface area contributed by atoms with Gasteiger partial charge in [-0.1, -0.05) is 6.07 Å². The molecule has 5 heteroatoms. The van der Waals surface area contributed by atoms with Gasteiger partial charge in [0.1, 0.15) is 5.76 Å². The van der Waals surface area contributed by atoms with Crippen LogP contribution in [-0.4, -0.2) is 34.6 Å². The van der Waals surface area contributed by atoms with Crippen LogP contribution in [0, 0.1) is 0 Å². The number of carbonyl (C=O) groups is 1. The maximum atomic E-state index is 10.7. The van der Waals surface area contributed by atoms with Crippen LogP contribution >= 0.6 is 0 Å². The lowest BCUT2D eigenvalue weighted by Crippen LogP contribution is -2.20. The van der Waals surface area contributed by atoms with Crippen molar-refractivity contribution in [3.05, 3.63) is 53.7 Å². The predicted molar refractivity (Wildman–Crippen MR) is 69.9 cm³/mol. The van der Waals surface area contributed by atoms with Gasteiger partial charge >= 0.3 is 5.97 Å². The van der Waals surface area contributed by atoms with Crippen LogP contribution in [0.1, 0.15) is 22.0 Å². The average molecular weight is 260 g/mol. The summed E-state index contributed by atoms with van der Waals surface area (Å²) in [5.74, 6) is -0.406. The van der Waals surface area contributed by atoms with Gasteiger partial charge in [0.25, 0.3) is 0 Å². The Morgan fingerprint density at radius 1 is 1.37 bits per heavy atom. The molecule has 0 radical (unpaired) electrons. The number of hydrogen-bond acceptors (Lipinski definition) is 4. The number of rotatable bonds is 6. The number of carboxylic acids is 1. The first kappa shape index (κ1) is 13.3. The molecule has 2 aromatic heterocycles. The first-order valence-electron chi connectivity index (χ1n) is 6.05. The van der Waals surface area contributed by atoms with Crippen LogP contribution in [0.3, 0.4) is 0 Å². The maximum absolute atomic E-state index is 10.7. The fourth-order valence-electron chi connectivity index (χ4n) is 1.77. The fourth-order valence-corrected chi connectivity index (χ4v) is 1.77. The highest BCUT2D eigenvalue weighted by Crippen LogP contribution is 2.10. The van der Waals surface area contributed by atoms with E-state index in [1.807, 2.05) is 25.2 Å². The summed E-state index contributed by atoms with van der Waals surface area (Å²) >= 11 is 0. The van der Waals surface area contributed by atoms with Gasteiger partial charge in [0, 0.05) is 24.9 Å². The summed E-state index contributed by atoms with van der Waals surface area (Å²) in [4.78, 5) is 17.0. The number of likely N-dealkylation sites (N-methyl/N-ethyl adjacent to an activating group) is 1. The molecule has 0 aliphatic carbocycles. The molecule has 2 heterocycles. The first-order chi connectivity index (χ1) is 9.15. The first-order valence-corrected chi connectivity index (χ1v) is 6.05. The van der Waals surface area contributed by atoms with E-state index in [-0.39, 0.29) is 5.76 Å². The molecule has 1 N–H and O–H groups in total. The molecule has 0 saturated heterocycles. The molecule has 0 spiro atoms. The molecule has 0 saturated carbocycles. The van der Waals surface area contributed by atoms with Crippen LogP contribution in [0.15, 0.2) is 40.9 Å². The molecule has 0 aromatic carbocycles. The number of aromatic nitrogens is 1. The Morgan fingerprint density at radius 3 is 2.84 bits per heavy atom. The lowest BCUT2D eigenvalue weighted by molar-refractivity contribution is 0.0659. The number of pyridine rings is 1. The van der Waals surface area contributed by atoms with Gasteiger partial charge in [-0.05, 0) is 31.3 Å². The monoisotopic (exact) mass is 260 g/mol. The molecule has 5 nitrogen and oxygen atoms in total. The third-order valence-electron chi connectivity index (χ3n) is 2.77. The van der Waals surface area contributed by atoms with E-state index < -0.39 is 5.97 Å². The molecule has 2 aromatic rings. The molecular weight excluding hydrogens is 244 g/mol. The average Bonchev–Trinajstić information content (AvgIpc) is 2.86. The molecule has 100 valence electrons. The Morgan fingerprint density at radius 2 is 2.21 bits per heavy atom. The van der Waals surface area contributed by atoms with Crippen molar-refractivity contribution in [3.8, 4) is 0 Å². The SMILES string of the molecule is CN(CCc1ccccn1)Cc1ccc(C(=O)O)o1. The molecule has 2 rings (SSSR count). The van der Waals surface area contributed by atoms with Crippen molar-refractivity contribution in [1.82, 2.24) is 9.88 Å². The smallest absolute Gasteiger partial charge is 0.371 e. The topological polar surface area (TPSA) is 66.6 Å². The largest absolute Gasteiger partial charge is 0.475 e. The Hall–Kier alpha value is -2.14. The summed E-state index contributed by atoms with van der Waals surface area (Å²) in [6.07, 6.45) is 2.63. The van der Waals surface area contributed by atoms with Crippen molar-refractivity contribution in [2.24, 2.45) is 0 Å². The minimum Gasteiger partial charge on any atom is -0.475 e. The number of carboxylic acid groups (broad SMARTS) is 1. The van der Waals surface area contributed by atoms with E-state index in [1.165, 1.54) is 6.07 Å². The quantitative estimate of drug-likeness (QED) is 0.861. The van der Waals surface area contributed by atoms with Crippen molar-refractivity contribution in [3.63, 3.8) is 0 Å². The van der Waals surface area contributed by atoms with Crippen LogP contribution in [0.5, 0.6) is 0 Å². The highest BCUT2D eigenvalue weighted by molar-refractivity contribution is 5.84. The Balaban J connectivity index is 1.83. The molecule has 0 amide bonds. The second-order valence-electron chi connectivity index (χ2n) is 4.38. The number of nitrogens with zero attached hydrogens (tertiary/aromatic N) is 2. The van der Waals surface area contributed by atoms with Crippen LogP contribution < -0.4 is 0 Å². The van der Waals surface area contributed by atoms with E-state index in [0.717, 1.165) is 18.7 Å². The number of furan rings is 1. The van der Waals surface area contributed by atoms with Crippen LogP contribution in [0.25, 0.3) is 0 Å². The van der Waals surface area contributed by atoms with Crippen molar-refractivity contribution in [1.29, 1.82) is 0 Å². The Kier molecular flexibility index (Phi) is 4.30. The summed E-state index contributed by atoms with van der Waals surface area (Å²) in [5, 5.41) is 8.77. The van der Waals surface area contributed by atoms with Crippen LogP contribution in [0.2, 0.25) is 0 Å². The third-order valence-corrected chi connectivity index (χ3v) is 2.77. The zero-order chi connectivity index (χ0) is 13.7. The van der Waals surface area contributed by atoms with Gasteiger partial charge in [0.15, 0.2) is 0 Å². The second kappa shape index (κ2) is 6.15. The van der Waals surface area contributed by atoms with Crippen molar-refractivity contribution in [2.45, 2.75) is 13.0 Å². The summed E-state index contributed by atoms with van der Waals surface area (Å²) in [6, 6.07) is 9.02. The number of hydrogen-bond donors (Lipinski definition) is 1. The molecule has 0 bridgehead atoms. The summed E-state index contributed by atoms with van der Waals surface area (Å²) in [7, 11) is 1.96. The van der Waals surface area contributed by atoms with Crippen LogP contribution in [-0.2, 0) is 13.0 Å². The second-order valence-corrected chi connectivity index (χ2v) is 4.38. The molecule has 0 unspecified atom stereocenters.